The molecule has 2 aromatic heterocycles. The summed E-state index contributed by atoms with van der Waals surface area (Å²) in [6.07, 6.45) is 2.28. The van der Waals surface area contributed by atoms with Crippen molar-refractivity contribution < 1.29 is 36.3 Å². The van der Waals surface area contributed by atoms with Crippen LogP contribution in [0.1, 0.15) is 38.1 Å². The van der Waals surface area contributed by atoms with Gasteiger partial charge in [-0.1, -0.05) is 0 Å². The zero-order valence-electron chi connectivity index (χ0n) is 21.7. The molecule has 0 aliphatic carbocycles. The van der Waals surface area contributed by atoms with Crippen LogP contribution in [-0.4, -0.2) is 59.9 Å². The number of sulfone groups is 1. The van der Waals surface area contributed by atoms with Crippen LogP contribution in [0.4, 0.5) is 5.82 Å². The molecule has 206 valence electrons. The van der Waals surface area contributed by atoms with Crippen LogP contribution >= 0.6 is 7.60 Å². The van der Waals surface area contributed by atoms with E-state index in [1.54, 1.807) is 32.2 Å². The zero-order chi connectivity index (χ0) is 27.9. The molecule has 1 aromatic carbocycles. The van der Waals surface area contributed by atoms with Crippen molar-refractivity contribution in [2.45, 2.75) is 45.1 Å². The molecule has 0 fully saturated rings. The first kappa shape index (κ1) is 29.2. The number of nitrogens with one attached hydrogen (secondary N) is 1. The summed E-state index contributed by atoms with van der Waals surface area (Å²) in [5, 5.41) is 14.2. The number of ether oxygens (including phenoxy) is 2. The lowest BCUT2D eigenvalue weighted by Crippen LogP contribution is -2.14. The summed E-state index contributed by atoms with van der Waals surface area (Å²) >= 11 is 0. The van der Waals surface area contributed by atoms with E-state index in [1.165, 1.54) is 28.9 Å². The standard InChI is InChI=1S/C23H30N5O8PS/c1-6-33-37(30,34-7-2)15-28-11-10-20(27-28)24-23(29)17-12-18(35-16(3)4)14-19(13-17)36-21-8-9-22(26-25-21)38(5,31)32/h8-14,16H,6-7,15H2,1-5H3,(H,24,27,29). The normalized spacial score (nSPS) is 11.9. The number of hydrogen-bond donors (Lipinski definition) is 1. The fraction of sp³-hybridized carbons (Fsp3) is 0.391. The Morgan fingerprint density at radius 2 is 1.74 bits per heavy atom. The third-order valence-corrected chi connectivity index (χ3v) is 7.50. The number of amides is 1. The highest BCUT2D eigenvalue weighted by molar-refractivity contribution is 7.90. The van der Waals surface area contributed by atoms with Gasteiger partial charge in [0.15, 0.2) is 20.7 Å². The topological polar surface area (TPSA) is 161 Å². The fourth-order valence-electron chi connectivity index (χ4n) is 3.17. The summed E-state index contributed by atoms with van der Waals surface area (Å²) in [6, 6.07) is 8.74. The summed E-state index contributed by atoms with van der Waals surface area (Å²) in [7, 11) is -6.90. The van der Waals surface area contributed by atoms with Crippen molar-refractivity contribution in [1.82, 2.24) is 20.0 Å². The maximum Gasteiger partial charge on any atom is 0.351 e. The first-order valence-electron chi connectivity index (χ1n) is 11.7. The largest absolute Gasteiger partial charge is 0.491 e. The minimum absolute atomic E-state index is 0.0252. The molecule has 38 heavy (non-hydrogen) atoms. The summed E-state index contributed by atoms with van der Waals surface area (Å²) in [6.45, 7) is 7.53. The van der Waals surface area contributed by atoms with E-state index in [-0.39, 0.29) is 53.6 Å². The second-order valence-electron chi connectivity index (χ2n) is 8.23. The van der Waals surface area contributed by atoms with E-state index in [1.807, 2.05) is 13.8 Å². The zero-order valence-corrected chi connectivity index (χ0v) is 23.4. The molecule has 0 aliphatic heterocycles. The smallest absolute Gasteiger partial charge is 0.351 e. The van der Waals surface area contributed by atoms with E-state index in [0.717, 1.165) is 6.26 Å². The molecule has 0 saturated carbocycles. The molecule has 13 nitrogen and oxygen atoms in total. The van der Waals surface area contributed by atoms with Crippen molar-refractivity contribution in [3.05, 3.63) is 48.2 Å². The Morgan fingerprint density at radius 1 is 1.05 bits per heavy atom. The summed E-state index contributed by atoms with van der Waals surface area (Å²) in [4.78, 5) is 13.0. The molecule has 0 bridgehead atoms. The van der Waals surface area contributed by atoms with Crippen molar-refractivity contribution in [3.8, 4) is 17.4 Å². The SMILES string of the molecule is CCOP(=O)(Cn1ccc(NC(=O)c2cc(Oc3ccc(S(C)(=O)=O)nn3)cc(OC(C)C)c2)n1)OCC. The Morgan fingerprint density at radius 3 is 2.32 bits per heavy atom. The number of nitrogens with zero attached hydrogens (tertiary/aromatic N) is 4. The van der Waals surface area contributed by atoms with Crippen LogP contribution < -0.4 is 14.8 Å². The third kappa shape index (κ3) is 8.35. The number of hydrogen-bond acceptors (Lipinski definition) is 11. The number of carbonyl (C=O) groups excluding carboxylic acids is 1. The third-order valence-electron chi connectivity index (χ3n) is 4.58. The highest BCUT2D eigenvalue weighted by atomic mass is 32.2. The number of carbonyl (C=O) groups is 1. The molecule has 1 N–H and O–H groups in total. The highest BCUT2D eigenvalue weighted by Gasteiger charge is 2.25. The van der Waals surface area contributed by atoms with E-state index in [0.29, 0.717) is 5.75 Å². The molecule has 0 atom stereocenters. The van der Waals surface area contributed by atoms with Crippen molar-refractivity contribution >= 4 is 29.2 Å². The maximum atomic E-state index is 13.0. The summed E-state index contributed by atoms with van der Waals surface area (Å²) < 4.78 is 59.4. The van der Waals surface area contributed by atoms with E-state index in [2.05, 4.69) is 20.6 Å². The lowest BCUT2D eigenvalue weighted by Gasteiger charge is -2.16. The molecule has 3 aromatic rings. The van der Waals surface area contributed by atoms with Crippen molar-refractivity contribution in [2.75, 3.05) is 24.8 Å². The minimum atomic E-state index is -3.51. The van der Waals surface area contributed by atoms with Gasteiger partial charge in [0.05, 0.1) is 19.3 Å². The Kier molecular flexibility index (Phi) is 9.60. The molecule has 0 aliphatic rings. The number of aromatic nitrogens is 4. The van der Waals surface area contributed by atoms with E-state index in [9.17, 15) is 17.8 Å². The molecule has 0 saturated heterocycles. The molecular weight excluding hydrogens is 537 g/mol. The second-order valence-corrected chi connectivity index (χ2v) is 12.2. The van der Waals surface area contributed by atoms with Crippen LogP contribution in [0.15, 0.2) is 47.6 Å². The first-order valence-corrected chi connectivity index (χ1v) is 15.3. The van der Waals surface area contributed by atoms with Gasteiger partial charge in [-0.15, -0.1) is 10.2 Å². The van der Waals surface area contributed by atoms with Gasteiger partial charge in [0.1, 0.15) is 17.8 Å². The fourth-order valence-corrected chi connectivity index (χ4v) is 5.21. The van der Waals surface area contributed by atoms with Gasteiger partial charge in [-0.25, -0.2) is 8.42 Å². The van der Waals surface area contributed by atoms with E-state index < -0.39 is 23.3 Å². The minimum Gasteiger partial charge on any atom is -0.491 e. The van der Waals surface area contributed by atoms with Gasteiger partial charge in [-0.2, -0.15) is 5.10 Å². The van der Waals surface area contributed by atoms with Crippen LogP contribution in [0.2, 0.25) is 0 Å². The van der Waals surface area contributed by atoms with E-state index >= 15 is 0 Å². The first-order chi connectivity index (χ1) is 17.9. The van der Waals surface area contributed by atoms with Crippen LogP contribution in [0.3, 0.4) is 0 Å². The average molecular weight is 568 g/mol. The number of anilines is 1. The quantitative estimate of drug-likeness (QED) is 0.296. The summed E-state index contributed by atoms with van der Waals surface area (Å²) in [5.41, 5.74) is 0.197. The molecule has 0 unspecified atom stereocenters. The lowest BCUT2D eigenvalue weighted by atomic mass is 10.2. The van der Waals surface area contributed by atoms with Gasteiger partial charge in [-0.3, -0.25) is 14.0 Å². The molecule has 15 heteroatoms. The Hall–Kier alpha value is -3.32. The molecule has 2 heterocycles. The van der Waals surface area contributed by atoms with Gasteiger partial charge in [-0.05, 0) is 45.9 Å². The average Bonchev–Trinajstić information content (AvgIpc) is 3.24. The number of rotatable bonds is 13. The van der Waals surface area contributed by atoms with Crippen molar-refractivity contribution in [2.24, 2.45) is 0 Å². The number of benzene rings is 1. The Bertz CT molecular complexity index is 1400. The maximum absolute atomic E-state index is 13.0. The van der Waals surface area contributed by atoms with Crippen LogP contribution in [0, 0.1) is 0 Å². The van der Waals surface area contributed by atoms with Gasteiger partial charge in [0, 0.05) is 36.2 Å². The molecular formula is C23H30N5O8PS. The van der Waals surface area contributed by atoms with E-state index in [4.69, 9.17) is 18.5 Å². The molecule has 3 rings (SSSR count). The predicted octanol–water partition coefficient (Wildman–Crippen LogP) is 4.13. The van der Waals surface area contributed by atoms with Crippen molar-refractivity contribution in [1.29, 1.82) is 0 Å². The second kappa shape index (κ2) is 12.5. The molecule has 0 radical (unpaired) electrons. The van der Waals surface area contributed by atoms with Crippen LogP contribution in [-0.2, 0) is 29.7 Å². The molecule has 0 spiro atoms. The van der Waals surface area contributed by atoms with Crippen LogP contribution in [0.5, 0.6) is 17.4 Å². The summed E-state index contributed by atoms with van der Waals surface area (Å²) in [5.74, 6) is 0.315. The monoisotopic (exact) mass is 567 g/mol. The molecule has 1 amide bonds. The van der Waals surface area contributed by atoms with Crippen LogP contribution in [0.25, 0.3) is 0 Å². The van der Waals surface area contributed by atoms with Gasteiger partial charge in [0.2, 0.25) is 5.88 Å². The lowest BCUT2D eigenvalue weighted by molar-refractivity contribution is 0.102. The van der Waals surface area contributed by atoms with Gasteiger partial charge in [0.25, 0.3) is 5.91 Å². The predicted molar refractivity (Wildman–Crippen MR) is 138 cm³/mol. The van der Waals surface area contributed by atoms with Crippen molar-refractivity contribution in [3.63, 3.8) is 0 Å². The van der Waals surface area contributed by atoms with Gasteiger partial charge >= 0.3 is 7.60 Å². The van der Waals surface area contributed by atoms with Gasteiger partial charge < -0.3 is 23.8 Å². The Balaban J connectivity index is 1.80. The Labute approximate surface area is 220 Å². The highest BCUT2D eigenvalue weighted by Crippen LogP contribution is 2.49.